The number of Topliss-reactive ketones (excluding diaryl/α,β-unsaturated/α-hetero) is 1. The summed E-state index contributed by atoms with van der Waals surface area (Å²) in [7, 11) is -4.45. The first kappa shape index (κ1) is 26.6. The van der Waals surface area contributed by atoms with Crippen LogP contribution >= 0.6 is 0 Å². The highest BCUT2D eigenvalue weighted by atomic mass is 32.3. The van der Waals surface area contributed by atoms with E-state index < -0.39 is 16.5 Å². The molecule has 4 fully saturated rings. The molecule has 0 saturated heterocycles. The number of aliphatic hydroxyl groups is 1. The molecule has 0 spiro atoms. The SMILES string of the molecule is CC(C)[C@@H](CC[C@@H](C)[C@H]1CCC2C3C(CC[C@@]21C)[C@@]1(C)CCC(=O)C[C@@H]1C[C@H]3O)OS(=O)(=O)O. The molecule has 4 saturated carbocycles. The van der Waals surface area contributed by atoms with E-state index in [0.29, 0.717) is 60.6 Å². The summed E-state index contributed by atoms with van der Waals surface area (Å²) in [4.78, 5) is 12.2. The lowest BCUT2D eigenvalue weighted by atomic mass is 9.44. The summed E-state index contributed by atoms with van der Waals surface area (Å²) < 4.78 is 36.7. The van der Waals surface area contributed by atoms with E-state index in [4.69, 9.17) is 8.74 Å². The average Bonchev–Trinajstić information content (AvgIpc) is 3.08. The molecule has 10 atom stereocenters. The van der Waals surface area contributed by atoms with Gasteiger partial charge in [-0.25, -0.2) is 4.18 Å². The van der Waals surface area contributed by atoms with Gasteiger partial charge in [0.25, 0.3) is 0 Å². The first-order valence-electron chi connectivity index (χ1n) is 13.6. The molecule has 6 nitrogen and oxygen atoms in total. The molecule has 4 aliphatic carbocycles. The van der Waals surface area contributed by atoms with E-state index in [1.54, 1.807) is 0 Å². The highest BCUT2D eigenvalue weighted by molar-refractivity contribution is 7.80. The first-order valence-corrected chi connectivity index (χ1v) is 15.0. The molecule has 7 heteroatoms. The lowest BCUT2D eigenvalue weighted by Gasteiger charge is -2.62. The number of hydrogen-bond acceptors (Lipinski definition) is 5. The number of ketones is 1. The van der Waals surface area contributed by atoms with Crippen molar-refractivity contribution >= 4 is 16.2 Å². The maximum absolute atomic E-state index is 12.2. The zero-order chi connectivity index (χ0) is 25.1. The van der Waals surface area contributed by atoms with Crippen molar-refractivity contribution < 1.29 is 27.1 Å². The van der Waals surface area contributed by atoms with Crippen molar-refractivity contribution in [1.82, 2.24) is 0 Å². The molecule has 0 aromatic rings. The monoisotopic (exact) mass is 498 g/mol. The van der Waals surface area contributed by atoms with Gasteiger partial charge in [0.05, 0.1) is 12.2 Å². The number of carbonyl (C=O) groups is 1. The molecule has 0 heterocycles. The van der Waals surface area contributed by atoms with Gasteiger partial charge >= 0.3 is 10.4 Å². The van der Waals surface area contributed by atoms with E-state index in [1.807, 2.05) is 13.8 Å². The Labute approximate surface area is 206 Å². The zero-order valence-electron chi connectivity index (χ0n) is 21.7. The number of aliphatic hydroxyl groups excluding tert-OH is 1. The van der Waals surface area contributed by atoms with Gasteiger partial charge in [0.1, 0.15) is 5.78 Å². The van der Waals surface area contributed by atoms with Gasteiger partial charge in [-0.2, -0.15) is 8.42 Å². The van der Waals surface area contributed by atoms with Crippen LogP contribution in [-0.4, -0.2) is 36.1 Å². The lowest BCUT2D eigenvalue weighted by Crippen LogP contribution is -2.58. The highest BCUT2D eigenvalue weighted by Gasteiger charge is 2.62. The molecule has 4 aliphatic rings. The third-order valence-electron chi connectivity index (χ3n) is 11.2. The summed E-state index contributed by atoms with van der Waals surface area (Å²) in [6.07, 6.45) is 8.40. The van der Waals surface area contributed by atoms with Crippen LogP contribution in [0, 0.1) is 52.3 Å². The molecule has 0 amide bonds. The molecule has 0 radical (unpaired) electrons. The van der Waals surface area contributed by atoms with Crippen molar-refractivity contribution in [2.45, 2.75) is 111 Å². The third kappa shape index (κ3) is 4.76. The van der Waals surface area contributed by atoms with Gasteiger partial charge in [-0.3, -0.25) is 9.35 Å². The summed E-state index contributed by atoms with van der Waals surface area (Å²) in [5, 5.41) is 11.4. The molecule has 0 aromatic carbocycles. The van der Waals surface area contributed by atoms with Crippen molar-refractivity contribution in [3.05, 3.63) is 0 Å². The summed E-state index contributed by atoms with van der Waals surface area (Å²) in [5.74, 6) is 3.04. The second-order valence-corrected chi connectivity index (χ2v) is 14.2. The minimum atomic E-state index is -4.45. The molecule has 4 rings (SSSR count). The van der Waals surface area contributed by atoms with Crippen LogP contribution in [0.2, 0.25) is 0 Å². The topological polar surface area (TPSA) is 101 Å². The van der Waals surface area contributed by atoms with Gasteiger partial charge in [-0.05, 0) is 104 Å². The van der Waals surface area contributed by atoms with Gasteiger partial charge in [-0.15, -0.1) is 0 Å². The fraction of sp³-hybridized carbons (Fsp3) is 0.963. The minimum Gasteiger partial charge on any atom is -0.393 e. The van der Waals surface area contributed by atoms with Gasteiger partial charge < -0.3 is 5.11 Å². The highest BCUT2D eigenvalue weighted by Crippen LogP contribution is 2.68. The average molecular weight is 499 g/mol. The van der Waals surface area contributed by atoms with Crippen molar-refractivity contribution in [2.24, 2.45) is 52.3 Å². The number of carbonyl (C=O) groups excluding carboxylic acids is 1. The summed E-state index contributed by atoms with van der Waals surface area (Å²) in [6, 6.07) is 0. The van der Waals surface area contributed by atoms with Crippen molar-refractivity contribution in [1.29, 1.82) is 0 Å². The largest absolute Gasteiger partial charge is 0.397 e. The number of rotatable bonds is 7. The van der Waals surface area contributed by atoms with E-state index in [2.05, 4.69) is 20.8 Å². The fourth-order valence-electron chi connectivity index (χ4n) is 9.27. The van der Waals surface area contributed by atoms with Crippen LogP contribution in [0.25, 0.3) is 0 Å². The van der Waals surface area contributed by atoms with Gasteiger partial charge in [0.15, 0.2) is 0 Å². The van der Waals surface area contributed by atoms with Crippen molar-refractivity contribution in [3.8, 4) is 0 Å². The van der Waals surface area contributed by atoms with E-state index >= 15 is 0 Å². The van der Waals surface area contributed by atoms with Crippen molar-refractivity contribution in [3.63, 3.8) is 0 Å². The standard InChI is InChI=1S/C27H46O6S/c1-16(2)24(33-34(30,31)32)9-6-17(3)20-7-8-21-25-22(11-13-27(20,21)5)26(4)12-10-19(28)14-18(26)15-23(25)29/h16-18,20-25,29H,6-15H2,1-5H3,(H,30,31,32)/t17-,18-,20-,21?,22?,23-,24-,25?,26+,27-/m1/s1. The first-order chi connectivity index (χ1) is 15.8. The minimum absolute atomic E-state index is 0.00456. The lowest BCUT2D eigenvalue weighted by molar-refractivity contribution is -0.169. The summed E-state index contributed by atoms with van der Waals surface area (Å²) in [6.45, 7) is 11.0. The number of hydrogen-bond donors (Lipinski definition) is 2. The fourth-order valence-corrected chi connectivity index (χ4v) is 9.90. The summed E-state index contributed by atoms with van der Waals surface area (Å²) in [5.41, 5.74) is 0.368. The Balaban J connectivity index is 1.47. The molecule has 2 N–H and O–H groups in total. The quantitative estimate of drug-likeness (QED) is 0.453. The molecule has 0 bridgehead atoms. The molecular weight excluding hydrogens is 452 g/mol. The smallest absolute Gasteiger partial charge is 0.393 e. The second kappa shape index (κ2) is 9.42. The van der Waals surface area contributed by atoms with E-state index in [1.165, 1.54) is 6.42 Å². The molecule has 34 heavy (non-hydrogen) atoms. The van der Waals surface area contributed by atoms with E-state index in [-0.39, 0.29) is 22.9 Å². The van der Waals surface area contributed by atoms with Crippen LogP contribution in [0.15, 0.2) is 0 Å². The third-order valence-corrected chi connectivity index (χ3v) is 11.6. The normalized spacial score (nSPS) is 44.3. The van der Waals surface area contributed by atoms with Crippen molar-refractivity contribution in [2.75, 3.05) is 0 Å². The molecular formula is C27H46O6S. The van der Waals surface area contributed by atoms with Crippen LogP contribution in [0.3, 0.4) is 0 Å². The summed E-state index contributed by atoms with van der Waals surface area (Å²) >= 11 is 0. The predicted octanol–water partition coefficient (Wildman–Crippen LogP) is 5.45. The van der Waals surface area contributed by atoms with Crippen LogP contribution < -0.4 is 0 Å². The van der Waals surface area contributed by atoms with Gasteiger partial charge in [0.2, 0.25) is 0 Å². The molecule has 0 aliphatic heterocycles. The van der Waals surface area contributed by atoms with Crippen LogP contribution in [0.5, 0.6) is 0 Å². The predicted molar refractivity (Wildman–Crippen MR) is 131 cm³/mol. The Hall–Kier alpha value is -0.500. The molecule has 3 unspecified atom stereocenters. The van der Waals surface area contributed by atoms with Gasteiger partial charge in [-0.1, -0.05) is 34.6 Å². The maximum Gasteiger partial charge on any atom is 0.397 e. The van der Waals surface area contributed by atoms with E-state index in [0.717, 1.165) is 38.5 Å². The molecule has 196 valence electrons. The maximum atomic E-state index is 12.2. The molecule has 0 aromatic heterocycles. The Kier molecular flexibility index (Phi) is 7.36. The Morgan fingerprint density at radius 3 is 2.35 bits per heavy atom. The Morgan fingerprint density at radius 1 is 1.03 bits per heavy atom. The van der Waals surface area contributed by atoms with Gasteiger partial charge in [0, 0.05) is 12.8 Å². The Bertz CT molecular complexity index is 870. The van der Waals surface area contributed by atoms with Crippen LogP contribution in [-0.2, 0) is 19.4 Å². The van der Waals surface area contributed by atoms with E-state index in [9.17, 15) is 18.3 Å². The van der Waals surface area contributed by atoms with Crippen LogP contribution in [0.1, 0.15) is 98.8 Å². The Morgan fingerprint density at radius 2 is 1.71 bits per heavy atom. The second-order valence-electron chi connectivity index (χ2n) is 13.1. The number of fused-ring (bicyclic) bond motifs is 5. The van der Waals surface area contributed by atoms with Crippen LogP contribution in [0.4, 0.5) is 0 Å². The zero-order valence-corrected chi connectivity index (χ0v) is 22.5.